The van der Waals surface area contributed by atoms with Gasteiger partial charge in [-0.25, -0.2) is 0 Å². The van der Waals surface area contributed by atoms with Crippen LogP contribution in [0.1, 0.15) is 33.8 Å². The maximum absolute atomic E-state index is 12.6. The highest BCUT2D eigenvalue weighted by Gasteiger charge is 2.32. The van der Waals surface area contributed by atoms with Crippen LogP contribution in [-0.4, -0.2) is 57.5 Å². The van der Waals surface area contributed by atoms with Crippen LogP contribution in [0.15, 0.2) is 16.8 Å². The molecule has 2 aromatic rings. The van der Waals surface area contributed by atoms with Gasteiger partial charge in [0.2, 0.25) is 5.89 Å². The van der Waals surface area contributed by atoms with E-state index < -0.39 is 0 Å². The second-order valence-electron chi connectivity index (χ2n) is 5.46. The highest BCUT2D eigenvalue weighted by molar-refractivity contribution is 5.94. The molecule has 1 saturated heterocycles. The summed E-state index contributed by atoms with van der Waals surface area (Å²) in [5.41, 5.74) is 1.61. The van der Waals surface area contributed by atoms with Gasteiger partial charge in [0.05, 0.1) is 0 Å². The number of H-pyrrole nitrogens is 1. The number of carbonyl (C=O) groups excluding carboxylic acids is 1. The molecule has 3 rings (SSSR count). The van der Waals surface area contributed by atoms with E-state index in [1.807, 2.05) is 24.9 Å². The van der Waals surface area contributed by atoms with Crippen molar-refractivity contribution in [3.8, 4) is 0 Å². The Morgan fingerprint density at radius 3 is 2.86 bits per heavy atom. The summed E-state index contributed by atoms with van der Waals surface area (Å²) in [4.78, 5) is 23.9. The van der Waals surface area contributed by atoms with Gasteiger partial charge in [-0.1, -0.05) is 5.16 Å². The van der Waals surface area contributed by atoms with E-state index in [4.69, 9.17) is 4.52 Å². The molecule has 0 radical (unpaired) electrons. The summed E-state index contributed by atoms with van der Waals surface area (Å²) < 4.78 is 5.27. The number of aryl methyl sites for hydroxylation is 2. The first-order valence-electron chi connectivity index (χ1n) is 7.00. The van der Waals surface area contributed by atoms with E-state index in [0.717, 1.165) is 12.1 Å². The van der Waals surface area contributed by atoms with Crippen LogP contribution in [0.25, 0.3) is 0 Å². The number of hydrogen-bond donors (Lipinski definition) is 1. The minimum atomic E-state index is -0.0563. The second kappa shape index (κ2) is 5.33. The molecule has 1 fully saturated rings. The smallest absolute Gasteiger partial charge is 0.270 e. The minimum absolute atomic E-state index is 0.0202. The average molecular weight is 289 g/mol. The van der Waals surface area contributed by atoms with Crippen molar-refractivity contribution in [3.05, 3.63) is 35.2 Å². The number of hydrogen-bond acceptors (Lipinski definition) is 5. The van der Waals surface area contributed by atoms with Crippen LogP contribution in [0.4, 0.5) is 0 Å². The largest absolute Gasteiger partial charge is 0.357 e. The topological polar surface area (TPSA) is 78.3 Å². The van der Waals surface area contributed by atoms with Crippen molar-refractivity contribution in [2.24, 2.45) is 0 Å². The monoisotopic (exact) mass is 289 g/mol. The first kappa shape index (κ1) is 13.8. The van der Waals surface area contributed by atoms with Crippen molar-refractivity contribution in [1.82, 2.24) is 24.9 Å². The third-order valence-corrected chi connectivity index (χ3v) is 3.93. The zero-order valence-electron chi connectivity index (χ0n) is 12.5. The second-order valence-corrected chi connectivity index (χ2v) is 5.46. The fourth-order valence-electron chi connectivity index (χ4n) is 2.61. The average Bonchev–Trinajstić information content (AvgIpc) is 3.07. The number of likely N-dealkylation sites (N-methyl/N-ethyl adjacent to an activating group) is 1. The maximum atomic E-state index is 12.6. The van der Waals surface area contributed by atoms with Gasteiger partial charge in [-0.3, -0.25) is 9.69 Å². The molecule has 2 aromatic heterocycles. The lowest BCUT2D eigenvalue weighted by Crippen LogP contribution is -2.49. The number of piperazine rings is 1. The number of aromatic amines is 1. The van der Waals surface area contributed by atoms with Crippen LogP contribution in [-0.2, 0) is 0 Å². The maximum Gasteiger partial charge on any atom is 0.270 e. The number of amides is 1. The molecule has 1 N–H and O–H groups in total. The summed E-state index contributed by atoms with van der Waals surface area (Å²) in [5, 5.41) is 3.84. The normalized spacial score (nSPS) is 20.0. The van der Waals surface area contributed by atoms with E-state index in [2.05, 4.69) is 20.0 Å². The number of rotatable bonds is 2. The lowest BCUT2D eigenvalue weighted by atomic mass is 10.1. The van der Waals surface area contributed by atoms with Crippen molar-refractivity contribution >= 4 is 5.91 Å². The van der Waals surface area contributed by atoms with Gasteiger partial charge in [0.1, 0.15) is 11.7 Å². The SMILES string of the molecule is Cc1noc(C2CN(C(=O)c3[nH]ccc3C)CCN2C)n1. The van der Waals surface area contributed by atoms with Gasteiger partial charge >= 0.3 is 0 Å². The number of carbonyl (C=O) groups is 1. The van der Waals surface area contributed by atoms with E-state index in [9.17, 15) is 4.79 Å². The van der Waals surface area contributed by atoms with E-state index in [-0.39, 0.29) is 11.9 Å². The summed E-state index contributed by atoms with van der Waals surface area (Å²) in [6.45, 7) is 5.74. The predicted octanol–water partition coefficient (Wildman–Crippen LogP) is 1.14. The zero-order valence-corrected chi connectivity index (χ0v) is 12.5. The summed E-state index contributed by atoms with van der Waals surface area (Å²) in [6.07, 6.45) is 1.79. The molecule has 1 atom stereocenters. The Morgan fingerprint density at radius 2 is 2.24 bits per heavy atom. The highest BCUT2D eigenvalue weighted by atomic mass is 16.5. The van der Waals surface area contributed by atoms with E-state index >= 15 is 0 Å². The van der Waals surface area contributed by atoms with Crippen molar-refractivity contribution < 1.29 is 9.32 Å². The highest BCUT2D eigenvalue weighted by Crippen LogP contribution is 2.24. The minimum Gasteiger partial charge on any atom is -0.357 e. The van der Waals surface area contributed by atoms with Crippen molar-refractivity contribution in [2.45, 2.75) is 19.9 Å². The third-order valence-electron chi connectivity index (χ3n) is 3.93. The molecule has 1 aliphatic heterocycles. The molecule has 0 bridgehead atoms. The van der Waals surface area contributed by atoms with Crippen LogP contribution in [0.3, 0.4) is 0 Å². The molecule has 1 aliphatic rings. The van der Waals surface area contributed by atoms with Gasteiger partial charge in [0.15, 0.2) is 5.82 Å². The quantitative estimate of drug-likeness (QED) is 0.897. The predicted molar refractivity (Wildman–Crippen MR) is 75.8 cm³/mol. The van der Waals surface area contributed by atoms with Crippen molar-refractivity contribution in [1.29, 1.82) is 0 Å². The Bertz CT molecular complexity index is 647. The van der Waals surface area contributed by atoms with Crippen LogP contribution in [0.5, 0.6) is 0 Å². The Hall–Kier alpha value is -2.15. The Labute approximate surface area is 122 Å². The van der Waals surface area contributed by atoms with E-state index in [0.29, 0.717) is 30.5 Å². The summed E-state index contributed by atoms with van der Waals surface area (Å²) in [6, 6.07) is 1.85. The van der Waals surface area contributed by atoms with Crippen LogP contribution in [0.2, 0.25) is 0 Å². The number of aromatic nitrogens is 3. The Kier molecular flexibility index (Phi) is 3.50. The molecule has 1 amide bonds. The molecule has 112 valence electrons. The first-order chi connectivity index (χ1) is 10.1. The lowest BCUT2D eigenvalue weighted by Gasteiger charge is -2.37. The molecule has 1 unspecified atom stereocenters. The number of nitrogens with zero attached hydrogens (tertiary/aromatic N) is 4. The van der Waals surface area contributed by atoms with Gasteiger partial charge in [-0.05, 0) is 32.5 Å². The molecule has 7 nitrogen and oxygen atoms in total. The third kappa shape index (κ3) is 2.56. The molecule has 0 spiro atoms. The van der Waals surface area contributed by atoms with Gasteiger partial charge < -0.3 is 14.4 Å². The van der Waals surface area contributed by atoms with Gasteiger partial charge in [0.25, 0.3) is 5.91 Å². The fraction of sp³-hybridized carbons (Fsp3) is 0.500. The van der Waals surface area contributed by atoms with Crippen LogP contribution in [0, 0.1) is 13.8 Å². The summed E-state index contributed by atoms with van der Waals surface area (Å²) >= 11 is 0. The van der Waals surface area contributed by atoms with Crippen molar-refractivity contribution in [3.63, 3.8) is 0 Å². The molecular formula is C14H19N5O2. The first-order valence-corrected chi connectivity index (χ1v) is 7.00. The molecule has 3 heterocycles. The van der Waals surface area contributed by atoms with Gasteiger partial charge in [0, 0.05) is 25.8 Å². The van der Waals surface area contributed by atoms with Crippen LogP contribution >= 0.6 is 0 Å². The van der Waals surface area contributed by atoms with Gasteiger partial charge in [-0.15, -0.1) is 0 Å². The Morgan fingerprint density at radius 1 is 1.43 bits per heavy atom. The Balaban J connectivity index is 1.80. The zero-order chi connectivity index (χ0) is 15.0. The van der Waals surface area contributed by atoms with Crippen molar-refractivity contribution in [2.75, 3.05) is 26.7 Å². The molecule has 7 heteroatoms. The van der Waals surface area contributed by atoms with E-state index in [1.54, 1.807) is 13.1 Å². The number of nitrogens with one attached hydrogen (secondary N) is 1. The standard InChI is InChI=1S/C14H19N5O2/c1-9-4-5-15-12(9)14(20)19-7-6-18(3)11(8-19)13-16-10(2)17-21-13/h4-5,11,15H,6-8H2,1-3H3. The molecule has 21 heavy (non-hydrogen) atoms. The lowest BCUT2D eigenvalue weighted by molar-refractivity contribution is 0.0484. The summed E-state index contributed by atoms with van der Waals surface area (Å²) in [5.74, 6) is 1.20. The molecule has 0 saturated carbocycles. The summed E-state index contributed by atoms with van der Waals surface area (Å²) in [7, 11) is 2.01. The molecule has 0 aromatic carbocycles. The van der Waals surface area contributed by atoms with Crippen LogP contribution < -0.4 is 0 Å². The van der Waals surface area contributed by atoms with Gasteiger partial charge in [-0.2, -0.15) is 4.98 Å². The molecule has 0 aliphatic carbocycles. The fourth-order valence-corrected chi connectivity index (χ4v) is 2.61. The van der Waals surface area contributed by atoms with E-state index in [1.165, 1.54) is 0 Å². The molecular weight excluding hydrogens is 270 g/mol.